The standard InChI is InChI=1S/C20H14O7S2/c21-20-3-1-2-13-5-9-18(12-19(13)20)29(25,26)27-16-7-4-15-11-17(28(22,23)24)8-6-14(15)10-16/h1-12,21H,(H,22,23,24). The predicted octanol–water partition coefficient (Wildman–Crippen LogP) is 3.71. The van der Waals surface area contributed by atoms with E-state index in [4.69, 9.17) is 8.74 Å². The third kappa shape index (κ3) is 3.75. The number of benzene rings is 4. The van der Waals surface area contributed by atoms with Gasteiger partial charge in [-0.3, -0.25) is 4.55 Å². The van der Waals surface area contributed by atoms with Gasteiger partial charge in [0.05, 0.1) is 4.90 Å². The average Bonchev–Trinajstić information content (AvgIpc) is 2.66. The Kier molecular flexibility index (Phi) is 4.45. The second-order valence-electron chi connectivity index (χ2n) is 6.34. The van der Waals surface area contributed by atoms with Crippen molar-refractivity contribution in [2.45, 2.75) is 9.79 Å². The van der Waals surface area contributed by atoms with Crippen LogP contribution in [0.5, 0.6) is 11.5 Å². The molecule has 2 N–H and O–H groups in total. The van der Waals surface area contributed by atoms with Crippen molar-refractivity contribution in [1.29, 1.82) is 0 Å². The SMILES string of the molecule is O=S(=O)(O)c1ccc2cc(OS(=O)(=O)c3ccc4cccc(O)c4c3)ccc2c1. The predicted molar refractivity (Wildman–Crippen MR) is 107 cm³/mol. The first-order chi connectivity index (χ1) is 13.6. The highest BCUT2D eigenvalue weighted by Gasteiger charge is 2.18. The van der Waals surface area contributed by atoms with Crippen molar-refractivity contribution in [1.82, 2.24) is 0 Å². The van der Waals surface area contributed by atoms with Gasteiger partial charge in [-0.05, 0) is 58.6 Å². The molecule has 0 saturated carbocycles. The number of fused-ring (bicyclic) bond motifs is 2. The Bertz CT molecular complexity index is 1470. The zero-order valence-corrected chi connectivity index (χ0v) is 16.3. The zero-order chi connectivity index (χ0) is 20.8. The van der Waals surface area contributed by atoms with Crippen LogP contribution in [-0.4, -0.2) is 26.5 Å². The smallest absolute Gasteiger partial charge is 0.339 e. The Morgan fingerprint density at radius 2 is 1.34 bits per heavy atom. The van der Waals surface area contributed by atoms with E-state index >= 15 is 0 Å². The highest BCUT2D eigenvalue weighted by molar-refractivity contribution is 7.87. The molecular formula is C20H14O7S2. The van der Waals surface area contributed by atoms with Gasteiger partial charge in [-0.15, -0.1) is 0 Å². The lowest BCUT2D eigenvalue weighted by molar-refractivity contribution is 0.480. The minimum absolute atomic E-state index is 0.0366. The van der Waals surface area contributed by atoms with Gasteiger partial charge in [-0.1, -0.05) is 30.3 Å². The van der Waals surface area contributed by atoms with E-state index < -0.39 is 20.2 Å². The molecule has 0 heterocycles. The molecule has 0 saturated heterocycles. The molecule has 0 amide bonds. The largest absolute Gasteiger partial charge is 0.507 e. The Labute approximate surface area is 166 Å². The van der Waals surface area contributed by atoms with E-state index in [0.29, 0.717) is 21.5 Å². The van der Waals surface area contributed by atoms with Gasteiger partial charge in [0.1, 0.15) is 16.4 Å². The summed E-state index contributed by atoms with van der Waals surface area (Å²) in [6, 6.07) is 17.4. The Morgan fingerprint density at radius 1 is 0.690 bits per heavy atom. The number of phenols is 1. The van der Waals surface area contributed by atoms with Crippen LogP contribution < -0.4 is 4.18 Å². The van der Waals surface area contributed by atoms with Gasteiger partial charge in [-0.2, -0.15) is 16.8 Å². The highest BCUT2D eigenvalue weighted by atomic mass is 32.2. The van der Waals surface area contributed by atoms with Gasteiger partial charge >= 0.3 is 10.1 Å². The van der Waals surface area contributed by atoms with Crippen LogP contribution in [0.15, 0.2) is 82.6 Å². The van der Waals surface area contributed by atoms with Gasteiger partial charge in [0.2, 0.25) is 0 Å². The van der Waals surface area contributed by atoms with Gasteiger partial charge in [0, 0.05) is 5.39 Å². The molecular weight excluding hydrogens is 416 g/mol. The molecule has 4 aromatic carbocycles. The third-order valence-electron chi connectivity index (χ3n) is 4.41. The summed E-state index contributed by atoms with van der Waals surface area (Å²) in [5.41, 5.74) is 0. The Morgan fingerprint density at radius 3 is 2.10 bits per heavy atom. The first-order valence-corrected chi connectivity index (χ1v) is 11.2. The molecule has 0 fully saturated rings. The van der Waals surface area contributed by atoms with Crippen molar-refractivity contribution in [3.8, 4) is 11.5 Å². The number of hydrogen-bond donors (Lipinski definition) is 2. The maximum Gasteiger partial charge on any atom is 0.339 e. The van der Waals surface area contributed by atoms with E-state index in [1.54, 1.807) is 18.2 Å². The van der Waals surface area contributed by atoms with Crippen LogP contribution in [0.2, 0.25) is 0 Å². The quantitative estimate of drug-likeness (QED) is 0.374. The minimum atomic E-state index is -4.34. The number of rotatable bonds is 4. The Hall–Kier alpha value is -3.14. The molecule has 9 heteroatoms. The summed E-state index contributed by atoms with van der Waals surface area (Å²) < 4.78 is 62.1. The lowest BCUT2D eigenvalue weighted by atomic mass is 10.1. The fraction of sp³-hybridized carbons (Fsp3) is 0. The maximum absolute atomic E-state index is 12.7. The summed E-state index contributed by atoms with van der Waals surface area (Å²) >= 11 is 0. The Balaban J connectivity index is 1.71. The topological polar surface area (TPSA) is 118 Å². The molecule has 0 radical (unpaired) electrons. The fourth-order valence-corrected chi connectivity index (χ4v) is 4.45. The molecule has 4 rings (SSSR count). The number of phenolic OH excluding ortho intramolecular Hbond substituents is 1. The first-order valence-electron chi connectivity index (χ1n) is 8.31. The summed E-state index contributed by atoms with van der Waals surface area (Å²) in [6.07, 6.45) is 0. The van der Waals surface area contributed by atoms with E-state index in [1.165, 1.54) is 54.6 Å². The average molecular weight is 430 g/mol. The monoisotopic (exact) mass is 430 g/mol. The summed E-state index contributed by atoms with van der Waals surface area (Å²) in [5.74, 6) is -0.00520. The van der Waals surface area contributed by atoms with Crippen molar-refractivity contribution in [3.63, 3.8) is 0 Å². The van der Waals surface area contributed by atoms with E-state index in [1.807, 2.05) is 0 Å². The van der Waals surface area contributed by atoms with Crippen LogP contribution >= 0.6 is 0 Å². The van der Waals surface area contributed by atoms with E-state index in [9.17, 15) is 21.9 Å². The molecule has 0 aromatic heterocycles. The van der Waals surface area contributed by atoms with Crippen molar-refractivity contribution < 1.29 is 30.7 Å². The molecule has 0 bridgehead atoms. The minimum Gasteiger partial charge on any atom is -0.507 e. The van der Waals surface area contributed by atoms with Gasteiger partial charge in [0.25, 0.3) is 10.1 Å². The van der Waals surface area contributed by atoms with E-state index in [-0.39, 0.29) is 21.3 Å². The lowest BCUT2D eigenvalue weighted by Crippen LogP contribution is -2.09. The summed E-state index contributed by atoms with van der Waals surface area (Å²) in [5, 5.41) is 12.0. The molecule has 0 atom stereocenters. The molecule has 4 aromatic rings. The molecule has 0 aliphatic carbocycles. The van der Waals surface area contributed by atoms with Gasteiger partial charge in [0.15, 0.2) is 0 Å². The van der Waals surface area contributed by atoms with Crippen LogP contribution in [0.1, 0.15) is 0 Å². The number of hydrogen-bond acceptors (Lipinski definition) is 6. The molecule has 148 valence electrons. The van der Waals surface area contributed by atoms with Crippen LogP contribution in [0.25, 0.3) is 21.5 Å². The molecule has 29 heavy (non-hydrogen) atoms. The molecule has 7 nitrogen and oxygen atoms in total. The molecule has 0 spiro atoms. The maximum atomic E-state index is 12.7. The summed E-state index contributed by atoms with van der Waals surface area (Å²) in [7, 11) is -8.51. The van der Waals surface area contributed by atoms with Crippen molar-refractivity contribution in [2.75, 3.05) is 0 Å². The lowest BCUT2D eigenvalue weighted by Gasteiger charge is -2.10. The van der Waals surface area contributed by atoms with Crippen LogP contribution in [-0.2, 0) is 20.2 Å². The van der Waals surface area contributed by atoms with Crippen LogP contribution in [0.3, 0.4) is 0 Å². The van der Waals surface area contributed by atoms with Gasteiger partial charge < -0.3 is 9.29 Å². The summed E-state index contributed by atoms with van der Waals surface area (Å²) in [4.78, 5) is -0.379. The van der Waals surface area contributed by atoms with Gasteiger partial charge in [-0.25, -0.2) is 0 Å². The second kappa shape index (κ2) is 6.73. The zero-order valence-electron chi connectivity index (χ0n) is 14.7. The van der Waals surface area contributed by atoms with E-state index in [2.05, 4.69) is 0 Å². The molecule has 0 aliphatic rings. The highest BCUT2D eigenvalue weighted by Crippen LogP contribution is 2.29. The van der Waals surface area contributed by atoms with Crippen molar-refractivity contribution >= 4 is 41.8 Å². The fourth-order valence-electron chi connectivity index (χ4n) is 2.98. The first kappa shape index (κ1) is 19.2. The molecule has 0 aliphatic heterocycles. The van der Waals surface area contributed by atoms with E-state index in [0.717, 1.165) is 0 Å². The third-order valence-corrected chi connectivity index (χ3v) is 6.50. The molecule has 0 unspecified atom stereocenters. The van der Waals surface area contributed by atoms with Crippen molar-refractivity contribution in [2.24, 2.45) is 0 Å². The van der Waals surface area contributed by atoms with Crippen LogP contribution in [0, 0.1) is 0 Å². The van der Waals surface area contributed by atoms with Crippen LogP contribution in [0.4, 0.5) is 0 Å². The summed E-state index contributed by atoms with van der Waals surface area (Å²) in [6.45, 7) is 0. The second-order valence-corrected chi connectivity index (χ2v) is 9.31. The number of aromatic hydroxyl groups is 1. The normalized spacial score (nSPS) is 12.3. The van der Waals surface area contributed by atoms with Crippen molar-refractivity contribution in [3.05, 3.63) is 72.8 Å².